The van der Waals surface area contributed by atoms with E-state index in [1.807, 2.05) is 6.07 Å². The molecular formula is C17H22N2O5. The molecule has 1 fully saturated rings. The molecule has 0 spiro atoms. The first-order valence-corrected chi connectivity index (χ1v) is 8.27. The molecule has 1 aromatic rings. The lowest BCUT2D eigenvalue weighted by molar-refractivity contribution is -0.0413. The summed E-state index contributed by atoms with van der Waals surface area (Å²) in [7, 11) is 0. The van der Waals surface area contributed by atoms with Crippen LogP contribution in [0.1, 0.15) is 52.0 Å². The monoisotopic (exact) mass is 334 g/mol. The maximum absolute atomic E-state index is 12.8. The fourth-order valence-corrected chi connectivity index (χ4v) is 3.46. The van der Waals surface area contributed by atoms with Crippen LogP contribution in [0.15, 0.2) is 18.2 Å². The Bertz CT molecular complexity index is 648. The SMILES string of the molecule is O=C1c2cccc(CCCCO)c2C(=O)N1C1CCC(O)NC1O. The van der Waals surface area contributed by atoms with Gasteiger partial charge in [0, 0.05) is 6.61 Å². The number of hydrogen-bond donors (Lipinski definition) is 4. The number of nitrogens with zero attached hydrogens (tertiary/aromatic N) is 1. The third-order valence-corrected chi connectivity index (χ3v) is 4.68. The van der Waals surface area contributed by atoms with Crippen LogP contribution in [0.3, 0.4) is 0 Å². The van der Waals surface area contributed by atoms with Gasteiger partial charge in [-0.25, -0.2) is 0 Å². The minimum atomic E-state index is -1.14. The van der Waals surface area contributed by atoms with Gasteiger partial charge in [-0.2, -0.15) is 0 Å². The Labute approximate surface area is 139 Å². The molecule has 3 unspecified atom stereocenters. The second kappa shape index (κ2) is 6.98. The van der Waals surface area contributed by atoms with E-state index in [-0.39, 0.29) is 6.61 Å². The van der Waals surface area contributed by atoms with Crippen LogP contribution in [-0.2, 0) is 6.42 Å². The van der Waals surface area contributed by atoms with E-state index in [1.54, 1.807) is 12.1 Å². The molecule has 0 aromatic heterocycles. The third-order valence-electron chi connectivity index (χ3n) is 4.68. The van der Waals surface area contributed by atoms with Crippen molar-refractivity contribution in [2.45, 2.75) is 50.6 Å². The summed E-state index contributed by atoms with van der Waals surface area (Å²) < 4.78 is 0. The Morgan fingerprint density at radius 1 is 1.12 bits per heavy atom. The van der Waals surface area contributed by atoms with Gasteiger partial charge in [-0.3, -0.25) is 19.8 Å². The van der Waals surface area contributed by atoms with E-state index in [1.165, 1.54) is 0 Å². The van der Waals surface area contributed by atoms with E-state index >= 15 is 0 Å². The molecule has 7 heteroatoms. The van der Waals surface area contributed by atoms with Crippen LogP contribution in [-0.4, -0.2) is 57.1 Å². The molecule has 4 N–H and O–H groups in total. The Balaban J connectivity index is 1.87. The number of hydrogen-bond acceptors (Lipinski definition) is 6. The van der Waals surface area contributed by atoms with Crippen molar-refractivity contribution in [3.05, 3.63) is 34.9 Å². The molecule has 1 aromatic carbocycles. The summed E-state index contributed by atoms with van der Waals surface area (Å²) in [6.45, 7) is 0.0935. The van der Waals surface area contributed by atoms with Crippen LogP contribution in [0, 0.1) is 0 Å². The highest BCUT2D eigenvalue weighted by Gasteiger charge is 2.45. The van der Waals surface area contributed by atoms with Gasteiger partial charge in [-0.15, -0.1) is 0 Å². The van der Waals surface area contributed by atoms with Crippen LogP contribution in [0.25, 0.3) is 0 Å². The predicted octanol–water partition coefficient (Wildman–Crippen LogP) is -0.0136. The molecule has 24 heavy (non-hydrogen) atoms. The summed E-state index contributed by atoms with van der Waals surface area (Å²) in [5.74, 6) is -0.793. The highest BCUT2D eigenvalue weighted by molar-refractivity contribution is 6.22. The minimum Gasteiger partial charge on any atom is -0.396 e. The maximum Gasteiger partial charge on any atom is 0.262 e. The lowest BCUT2D eigenvalue weighted by atomic mass is 9.98. The number of aliphatic hydroxyl groups excluding tert-OH is 3. The second-order valence-electron chi connectivity index (χ2n) is 6.27. The number of piperidine rings is 1. The van der Waals surface area contributed by atoms with Crippen molar-refractivity contribution in [3.8, 4) is 0 Å². The van der Waals surface area contributed by atoms with E-state index in [4.69, 9.17) is 5.11 Å². The van der Waals surface area contributed by atoms with E-state index < -0.39 is 30.3 Å². The van der Waals surface area contributed by atoms with E-state index in [0.29, 0.717) is 36.8 Å². The van der Waals surface area contributed by atoms with E-state index in [2.05, 4.69) is 5.32 Å². The molecule has 0 bridgehead atoms. The first-order chi connectivity index (χ1) is 11.5. The quantitative estimate of drug-likeness (QED) is 0.445. The smallest absolute Gasteiger partial charge is 0.262 e. The zero-order valence-electron chi connectivity index (χ0n) is 13.3. The number of benzene rings is 1. The van der Waals surface area contributed by atoms with Gasteiger partial charge in [0.15, 0.2) is 0 Å². The summed E-state index contributed by atoms with van der Waals surface area (Å²) in [5, 5.41) is 31.1. The third kappa shape index (κ3) is 2.95. The largest absolute Gasteiger partial charge is 0.396 e. The van der Waals surface area contributed by atoms with Crippen molar-refractivity contribution in [2.75, 3.05) is 6.61 Å². The van der Waals surface area contributed by atoms with Gasteiger partial charge in [-0.05, 0) is 43.7 Å². The van der Waals surface area contributed by atoms with Gasteiger partial charge in [0.2, 0.25) is 0 Å². The van der Waals surface area contributed by atoms with E-state index in [0.717, 1.165) is 16.9 Å². The standard InChI is InChI=1S/C17H22N2O5/c20-9-2-1-4-10-5-3-6-11-14(10)17(24)19(16(11)23)12-7-8-13(21)18-15(12)22/h3,5-6,12-13,15,18,20-22H,1-2,4,7-9H2. The summed E-state index contributed by atoms with van der Waals surface area (Å²) >= 11 is 0. The highest BCUT2D eigenvalue weighted by Crippen LogP contribution is 2.31. The Kier molecular flexibility index (Phi) is 4.96. The van der Waals surface area contributed by atoms with Crippen molar-refractivity contribution < 1.29 is 24.9 Å². The number of carbonyl (C=O) groups excluding carboxylic acids is 2. The molecule has 7 nitrogen and oxygen atoms in total. The van der Waals surface area contributed by atoms with Gasteiger partial charge >= 0.3 is 0 Å². The number of nitrogens with one attached hydrogen (secondary N) is 1. The van der Waals surface area contributed by atoms with Crippen LogP contribution >= 0.6 is 0 Å². The van der Waals surface area contributed by atoms with Crippen LogP contribution < -0.4 is 5.32 Å². The van der Waals surface area contributed by atoms with Crippen molar-refractivity contribution in [1.82, 2.24) is 10.2 Å². The maximum atomic E-state index is 12.8. The molecule has 3 rings (SSSR count). The topological polar surface area (TPSA) is 110 Å². The van der Waals surface area contributed by atoms with Crippen molar-refractivity contribution in [3.63, 3.8) is 0 Å². The number of aryl methyl sites for hydroxylation is 1. The molecule has 2 aliphatic rings. The lowest BCUT2D eigenvalue weighted by Crippen LogP contribution is -2.58. The van der Waals surface area contributed by atoms with Crippen LogP contribution in [0.5, 0.6) is 0 Å². The summed E-state index contributed by atoms with van der Waals surface area (Å²) in [6, 6.07) is 4.51. The summed E-state index contributed by atoms with van der Waals surface area (Å²) in [6.07, 6.45) is 0.710. The number of carbonyl (C=O) groups is 2. The summed E-state index contributed by atoms with van der Waals surface area (Å²) in [4.78, 5) is 26.6. The molecular weight excluding hydrogens is 312 g/mol. The molecule has 1 saturated heterocycles. The van der Waals surface area contributed by atoms with E-state index in [9.17, 15) is 19.8 Å². The Morgan fingerprint density at radius 3 is 2.62 bits per heavy atom. The molecule has 0 saturated carbocycles. The number of fused-ring (bicyclic) bond motifs is 1. The van der Waals surface area contributed by atoms with Crippen LogP contribution in [0.2, 0.25) is 0 Å². The number of imide groups is 1. The lowest BCUT2D eigenvalue weighted by Gasteiger charge is -2.36. The van der Waals surface area contributed by atoms with Crippen molar-refractivity contribution in [1.29, 1.82) is 0 Å². The Morgan fingerprint density at radius 2 is 1.92 bits per heavy atom. The predicted molar refractivity (Wildman–Crippen MR) is 85.1 cm³/mol. The van der Waals surface area contributed by atoms with Gasteiger partial charge in [0.05, 0.1) is 17.2 Å². The minimum absolute atomic E-state index is 0.0935. The molecule has 130 valence electrons. The Hall–Kier alpha value is -1.80. The first kappa shape index (κ1) is 17.0. The van der Waals surface area contributed by atoms with Gasteiger partial charge in [-0.1, -0.05) is 12.1 Å². The van der Waals surface area contributed by atoms with Gasteiger partial charge in [0.25, 0.3) is 11.8 Å². The van der Waals surface area contributed by atoms with Gasteiger partial charge < -0.3 is 15.3 Å². The molecule has 2 aliphatic heterocycles. The fraction of sp³-hybridized carbons (Fsp3) is 0.529. The zero-order valence-corrected chi connectivity index (χ0v) is 13.3. The number of aliphatic hydroxyl groups is 3. The zero-order chi connectivity index (χ0) is 17.3. The number of amides is 2. The van der Waals surface area contributed by atoms with Crippen molar-refractivity contribution >= 4 is 11.8 Å². The average Bonchev–Trinajstić information content (AvgIpc) is 2.81. The molecule has 2 amide bonds. The highest BCUT2D eigenvalue weighted by atomic mass is 16.3. The average molecular weight is 334 g/mol. The molecule has 2 heterocycles. The normalized spacial score (nSPS) is 26.8. The number of unbranched alkanes of at least 4 members (excludes halogenated alkanes) is 1. The second-order valence-corrected chi connectivity index (χ2v) is 6.27. The molecule has 0 radical (unpaired) electrons. The first-order valence-electron chi connectivity index (χ1n) is 8.27. The van der Waals surface area contributed by atoms with Gasteiger partial charge in [0.1, 0.15) is 12.5 Å². The summed E-state index contributed by atoms with van der Waals surface area (Å²) in [5.41, 5.74) is 1.55. The fourth-order valence-electron chi connectivity index (χ4n) is 3.46. The molecule has 3 atom stereocenters. The number of rotatable bonds is 5. The van der Waals surface area contributed by atoms with Crippen molar-refractivity contribution in [2.24, 2.45) is 0 Å². The van der Waals surface area contributed by atoms with Crippen LogP contribution in [0.4, 0.5) is 0 Å². The molecule has 0 aliphatic carbocycles.